The van der Waals surface area contributed by atoms with Gasteiger partial charge in [-0.15, -0.1) is 10.2 Å². The van der Waals surface area contributed by atoms with E-state index < -0.39 is 5.25 Å². The number of carbonyl (C=O) groups is 1. The molecule has 33 heavy (non-hydrogen) atoms. The Morgan fingerprint density at radius 3 is 2.45 bits per heavy atom. The SMILES string of the molecule is CCc1cccc(C)c1NC(=O)C1Sc2nnc(-c3ccccc3)n2NC1c1ccccc1. The number of fused-ring (bicyclic) bond motifs is 1. The van der Waals surface area contributed by atoms with Gasteiger partial charge in [0.05, 0.1) is 6.04 Å². The zero-order chi connectivity index (χ0) is 22.8. The third kappa shape index (κ3) is 4.12. The summed E-state index contributed by atoms with van der Waals surface area (Å²) in [4.78, 5) is 13.6. The number of benzene rings is 3. The topological polar surface area (TPSA) is 71.8 Å². The normalized spacial score (nSPS) is 17.2. The average Bonchev–Trinajstić information content (AvgIpc) is 3.28. The van der Waals surface area contributed by atoms with Crippen molar-refractivity contribution in [2.75, 3.05) is 10.7 Å². The Labute approximate surface area is 197 Å². The van der Waals surface area contributed by atoms with Gasteiger partial charge < -0.3 is 10.7 Å². The summed E-state index contributed by atoms with van der Waals surface area (Å²) in [5.74, 6) is 0.672. The molecule has 3 aromatic carbocycles. The number of carbonyl (C=O) groups excluding carboxylic acids is 1. The molecule has 1 aromatic heterocycles. The second-order valence-corrected chi connectivity index (χ2v) is 9.12. The number of hydrogen-bond donors (Lipinski definition) is 2. The zero-order valence-corrected chi connectivity index (χ0v) is 19.3. The van der Waals surface area contributed by atoms with Crippen LogP contribution >= 0.6 is 11.8 Å². The van der Waals surface area contributed by atoms with Gasteiger partial charge in [0.15, 0.2) is 5.82 Å². The molecule has 1 aliphatic rings. The van der Waals surface area contributed by atoms with Crippen LogP contribution in [0.5, 0.6) is 0 Å². The number of hydrogen-bond acceptors (Lipinski definition) is 5. The van der Waals surface area contributed by atoms with E-state index in [1.54, 1.807) is 0 Å². The highest BCUT2D eigenvalue weighted by molar-refractivity contribution is 8.00. The van der Waals surface area contributed by atoms with Gasteiger partial charge in [0.2, 0.25) is 11.1 Å². The predicted octanol–water partition coefficient (Wildman–Crippen LogP) is 5.21. The number of aromatic nitrogens is 3. The van der Waals surface area contributed by atoms with Crippen LogP contribution in [0.3, 0.4) is 0 Å². The minimum absolute atomic E-state index is 0.0548. The first-order chi connectivity index (χ1) is 16.2. The number of thioether (sulfide) groups is 1. The number of nitrogens with one attached hydrogen (secondary N) is 2. The lowest BCUT2D eigenvalue weighted by Gasteiger charge is -2.33. The van der Waals surface area contributed by atoms with Gasteiger partial charge in [0.1, 0.15) is 5.25 Å². The summed E-state index contributed by atoms with van der Waals surface area (Å²) in [6.07, 6.45) is 0.851. The molecule has 0 saturated heterocycles. The van der Waals surface area contributed by atoms with E-state index in [2.05, 4.69) is 33.9 Å². The number of rotatable bonds is 5. The van der Waals surface area contributed by atoms with Gasteiger partial charge in [-0.1, -0.05) is 97.5 Å². The number of nitrogens with zero attached hydrogens (tertiary/aromatic N) is 3. The molecule has 6 nitrogen and oxygen atoms in total. The van der Waals surface area contributed by atoms with Crippen LogP contribution in [0.4, 0.5) is 5.69 Å². The van der Waals surface area contributed by atoms with E-state index in [0.29, 0.717) is 5.16 Å². The van der Waals surface area contributed by atoms with Crippen LogP contribution in [0.25, 0.3) is 11.4 Å². The molecule has 2 heterocycles. The van der Waals surface area contributed by atoms with Crippen LogP contribution in [-0.4, -0.2) is 26.0 Å². The van der Waals surface area contributed by atoms with Gasteiger partial charge in [-0.05, 0) is 30.0 Å². The second-order valence-electron chi connectivity index (χ2n) is 8.02. The quantitative estimate of drug-likeness (QED) is 0.432. The average molecular weight is 456 g/mol. The molecule has 0 aliphatic carbocycles. The number of amides is 1. The summed E-state index contributed by atoms with van der Waals surface area (Å²) in [5.41, 5.74) is 8.61. The maximum absolute atomic E-state index is 13.6. The molecule has 0 radical (unpaired) electrons. The molecular formula is C26H25N5OS. The second kappa shape index (κ2) is 9.11. The Kier molecular flexibility index (Phi) is 5.88. The molecule has 1 aliphatic heterocycles. The van der Waals surface area contributed by atoms with E-state index >= 15 is 0 Å². The molecule has 0 spiro atoms. The highest BCUT2D eigenvalue weighted by Crippen LogP contribution is 2.39. The van der Waals surface area contributed by atoms with Gasteiger partial charge in [-0.2, -0.15) is 0 Å². The van der Waals surface area contributed by atoms with Crippen LogP contribution in [0.15, 0.2) is 84.0 Å². The van der Waals surface area contributed by atoms with Crippen molar-refractivity contribution in [2.45, 2.75) is 36.7 Å². The van der Waals surface area contributed by atoms with Crippen molar-refractivity contribution in [3.05, 3.63) is 95.6 Å². The van der Waals surface area contributed by atoms with E-state index in [1.807, 2.05) is 84.4 Å². The predicted molar refractivity (Wildman–Crippen MR) is 133 cm³/mol. The highest BCUT2D eigenvalue weighted by atomic mass is 32.2. The van der Waals surface area contributed by atoms with E-state index in [1.165, 1.54) is 11.8 Å². The number of aryl methyl sites for hydroxylation is 2. The van der Waals surface area contributed by atoms with Crippen molar-refractivity contribution in [3.63, 3.8) is 0 Å². The third-order valence-electron chi connectivity index (χ3n) is 5.87. The summed E-state index contributed by atoms with van der Waals surface area (Å²) in [6, 6.07) is 25.9. The van der Waals surface area contributed by atoms with Gasteiger partial charge in [-0.3, -0.25) is 4.79 Å². The van der Waals surface area contributed by atoms with Crippen LogP contribution in [0.2, 0.25) is 0 Å². The first kappa shape index (κ1) is 21.3. The largest absolute Gasteiger partial charge is 0.325 e. The van der Waals surface area contributed by atoms with Crippen LogP contribution in [0, 0.1) is 6.92 Å². The van der Waals surface area contributed by atoms with E-state index in [0.717, 1.165) is 40.2 Å². The maximum atomic E-state index is 13.6. The summed E-state index contributed by atoms with van der Waals surface area (Å²) in [5, 5.41) is 12.3. The lowest BCUT2D eigenvalue weighted by Crippen LogP contribution is -2.41. The molecule has 2 unspecified atom stereocenters. The highest BCUT2D eigenvalue weighted by Gasteiger charge is 2.38. The lowest BCUT2D eigenvalue weighted by atomic mass is 10.0. The van der Waals surface area contributed by atoms with Crippen molar-refractivity contribution >= 4 is 23.4 Å². The van der Waals surface area contributed by atoms with Crippen molar-refractivity contribution in [1.82, 2.24) is 14.9 Å². The minimum Gasteiger partial charge on any atom is -0.325 e. The molecule has 5 rings (SSSR count). The monoisotopic (exact) mass is 455 g/mol. The first-order valence-corrected chi connectivity index (χ1v) is 11.9. The lowest BCUT2D eigenvalue weighted by molar-refractivity contribution is -0.116. The Bertz CT molecular complexity index is 1270. The fraction of sp³-hybridized carbons (Fsp3) is 0.192. The summed E-state index contributed by atoms with van der Waals surface area (Å²) < 4.78 is 1.90. The maximum Gasteiger partial charge on any atom is 0.240 e. The first-order valence-electron chi connectivity index (χ1n) is 11.0. The number of anilines is 1. The molecule has 2 N–H and O–H groups in total. The Hall–Kier alpha value is -3.58. The minimum atomic E-state index is -0.419. The van der Waals surface area contributed by atoms with E-state index in [4.69, 9.17) is 0 Å². The molecule has 0 bridgehead atoms. The zero-order valence-electron chi connectivity index (χ0n) is 18.5. The van der Waals surface area contributed by atoms with Crippen molar-refractivity contribution in [2.24, 2.45) is 0 Å². The van der Waals surface area contributed by atoms with Crippen molar-refractivity contribution in [3.8, 4) is 11.4 Å². The van der Waals surface area contributed by atoms with E-state index in [-0.39, 0.29) is 11.9 Å². The molecule has 1 amide bonds. The molecule has 0 saturated carbocycles. The molecule has 166 valence electrons. The molecule has 2 atom stereocenters. The Balaban J connectivity index is 1.52. The summed E-state index contributed by atoms with van der Waals surface area (Å²) >= 11 is 1.44. The fourth-order valence-corrected chi connectivity index (χ4v) is 5.22. The van der Waals surface area contributed by atoms with Crippen LogP contribution in [-0.2, 0) is 11.2 Å². The molecular weight excluding hydrogens is 430 g/mol. The number of para-hydroxylation sites is 1. The molecule has 4 aromatic rings. The van der Waals surface area contributed by atoms with E-state index in [9.17, 15) is 4.79 Å². The van der Waals surface area contributed by atoms with Gasteiger partial charge >= 0.3 is 0 Å². The fourth-order valence-electron chi connectivity index (χ4n) is 4.14. The summed E-state index contributed by atoms with van der Waals surface area (Å²) in [7, 11) is 0. The third-order valence-corrected chi connectivity index (χ3v) is 7.09. The smallest absolute Gasteiger partial charge is 0.240 e. The Morgan fingerprint density at radius 1 is 1.00 bits per heavy atom. The van der Waals surface area contributed by atoms with Crippen LogP contribution in [0.1, 0.15) is 29.7 Å². The molecule has 0 fully saturated rings. The van der Waals surface area contributed by atoms with Gasteiger partial charge in [0.25, 0.3) is 0 Å². The Morgan fingerprint density at radius 2 is 1.73 bits per heavy atom. The van der Waals surface area contributed by atoms with Crippen LogP contribution < -0.4 is 10.7 Å². The van der Waals surface area contributed by atoms with Crippen molar-refractivity contribution in [1.29, 1.82) is 0 Å². The summed E-state index contributed by atoms with van der Waals surface area (Å²) in [6.45, 7) is 4.13. The van der Waals surface area contributed by atoms with Gasteiger partial charge in [-0.25, -0.2) is 4.68 Å². The molecule has 7 heteroatoms. The van der Waals surface area contributed by atoms with Gasteiger partial charge in [0, 0.05) is 11.3 Å². The standard InChI is InChI=1S/C26H25N5OS/c1-3-18-16-10-11-17(2)21(18)27-25(32)23-22(19-12-6-4-7-13-19)30-31-24(28-29-26(31)33-23)20-14-8-5-9-15-20/h4-16,22-23,30H,3H2,1-2H3,(H,27,32). The van der Waals surface area contributed by atoms with Crippen molar-refractivity contribution < 1.29 is 4.79 Å².